The van der Waals surface area contributed by atoms with E-state index in [9.17, 15) is 13.2 Å². The van der Waals surface area contributed by atoms with Gasteiger partial charge in [0.25, 0.3) is 0 Å². The van der Waals surface area contributed by atoms with Crippen LogP contribution in [0.2, 0.25) is 5.02 Å². The van der Waals surface area contributed by atoms with Crippen molar-refractivity contribution in [2.24, 2.45) is 11.8 Å². The van der Waals surface area contributed by atoms with Crippen LogP contribution in [-0.4, -0.2) is 32.7 Å². The molecule has 0 heterocycles. The lowest BCUT2D eigenvalue weighted by Crippen LogP contribution is -2.51. The average Bonchev–Trinajstić information content (AvgIpc) is 3.12. The second-order valence-corrected chi connectivity index (χ2v) is 9.75. The summed E-state index contributed by atoms with van der Waals surface area (Å²) >= 11 is 6.05. The van der Waals surface area contributed by atoms with Crippen molar-refractivity contribution in [1.82, 2.24) is 5.32 Å². The predicted molar refractivity (Wildman–Crippen MR) is 100 cm³/mol. The maximum Gasteiger partial charge on any atom is 0.243 e. The average molecular weight is 385 g/mol. The highest BCUT2D eigenvalue weighted by molar-refractivity contribution is 7.92. The Morgan fingerprint density at radius 1 is 1.32 bits per heavy atom. The number of carbonyl (C=O) groups excluding carboxylic acids is 1. The number of nitrogens with zero attached hydrogens (tertiary/aromatic N) is 1. The van der Waals surface area contributed by atoms with Crippen molar-refractivity contribution in [1.29, 1.82) is 0 Å². The number of rotatable bonds is 5. The molecular formula is C18H25ClN2O3S. The summed E-state index contributed by atoms with van der Waals surface area (Å²) in [7, 11) is -3.63. The molecule has 0 spiro atoms. The Morgan fingerprint density at radius 3 is 2.60 bits per heavy atom. The van der Waals surface area contributed by atoms with Crippen molar-refractivity contribution in [3.05, 3.63) is 28.8 Å². The van der Waals surface area contributed by atoms with Crippen LogP contribution in [0.1, 0.15) is 38.2 Å². The van der Waals surface area contributed by atoms with Gasteiger partial charge in [-0.25, -0.2) is 8.42 Å². The molecule has 2 bridgehead atoms. The quantitative estimate of drug-likeness (QED) is 0.848. The number of anilines is 1. The molecule has 0 radical (unpaired) electrons. The van der Waals surface area contributed by atoms with Crippen LogP contribution in [0.4, 0.5) is 5.69 Å². The number of hydrogen-bond donors (Lipinski definition) is 1. The van der Waals surface area contributed by atoms with Crippen LogP contribution in [0.25, 0.3) is 0 Å². The molecule has 0 aromatic heterocycles. The topological polar surface area (TPSA) is 66.5 Å². The van der Waals surface area contributed by atoms with Crippen LogP contribution >= 0.6 is 11.6 Å². The number of carbonyl (C=O) groups is 1. The van der Waals surface area contributed by atoms with E-state index in [0.29, 0.717) is 22.5 Å². The summed E-state index contributed by atoms with van der Waals surface area (Å²) in [5, 5.41) is 3.53. The lowest BCUT2D eigenvalue weighted by Gasteiger charge is -2.31. The number of aryl methyl sites for hydroxylation is 1. The third-order valence-electron chi connectivity index (χ3n) is 5.56. The van der Waals surface area contributed by atoms with Crippen LogP contribution < -0.4 is 9.62 Å². The first-order valence-electron chi connectivity index (χ1n) is 8.72. The van der Waals surface area contributed by atoms with Gasteiger partial charge in [-0.05, 0) is 62.6 Å². The monoisotopic (exact) mass is 384 g/mol. The molecule has 1 aromatic rings. The molecule has 4 atom stereocenters. The first kappa shape index (κ1) is 18.5. The Morgan fingerprint density at radius 2 is 2.04 bits per heavy atom. The molecule has 7 heteroatoms. The molecular weight excluding hydrogens is 360 g/mol. The molecule has 5 nitrogen and oxygen atoms in total. The molecule has 1 N–H and O–H groups in total. The van der Waals surface area contributed by atoms with Crippen molar-refractivity contribution in [2.75, 3.05) is 10.6 Å². The number of amides is 1. The first-order valence-corrected chi connectivity index (χ1v) is 11.0. The number of hydrogen-bond acceptors (Lipinski definition) is 3. The second kappa shape index (κ2) is 6.80. The zero-order valence-corrected chi connectivity index (χ0v) is 16.4. The fourth-order valence-corrected chi connectivity index (χ4v) is 5.72. The summed E-state index contributed by atoms with van der Waals surface area (Å²) < 4.78 is 26.0. The molecule has 2 saturated carbocycles. The summed E-state index contributed by atoms with van der Waals surface area (Å²) in [5.41, 5.74) is 1.21. The van der Waals surface area contributed by atoms with E-state index in [2.05, 4.69) is 5.32 Å². The van der Waals surface area contributed by atoms with Gasteiger partial charge in [-0.3, -0.25) is 9.10 Å². The van der Waals surface area contributed by atoms with Crippen LogP contribution in [-0.2, 0) is 14.8 Å². The van der Waals surface area contributed by atoms with Gasteiger partial charge < -0.3 is 5.32 Å². The van der Waals surface area contributed by atoms with Gasteiger partial charge in [0.05, 0.1) is 11.9 Å². The van der Waals surface area contributed by atoms with Gasteiger partial charge in [-0.15, -0.1) is 0 Å². The molecule has 2 aliphatic rings. The van der Waals surface area contributed by atoms with E-state index in [-0.39, 0.29) is 11.9 Å². The number of halogens is 1. The SMILES string of the molecule is Cc1ccc(Cl)cc1N([C@H](C)C(=O)N[C@@H]1C[C@H]2CC[C@H]1C2)S(C)(=O)=O. The van der Waals surface area contributed by atoms with E-state index in [0.717, 1.165) is 24.7 Å². The summed E-state index contributed by atoms with van der Waals surface area (Å²) in [6, 6.07) is 4.41. The van der Waals surface area contributed by atoms with E-state index in [1.165, 1.54) is 17.1 Å². The smallest absolute Gasteiger partial charge is 0.243 e. The van der Waals surface area contributed by atoms with Gasteiger partial charge >= 0.3 is 0 Å². The molecule has 2 aliphatic carbocycles. The fourth-order valence-electron chi connectivity index (χ4n) is 4.33. The Balaban J connectivity index is 1.83. The van der Waals surface area contributed by atoms with E-state index < -0.39 is 16.1 Å². The first-order chi connectivity index (χ1) is 11.7. The Hall–Kier alpha value is -1.27. The van der Waals surface area contributed by atoms with E-state index in [4.69, 9.17) is 11.6 Å². The van der Waals surface area contributed by atoms with Crippen molar-refractivity contribution in [3.63, 3.8) is 0 Å². The minimum absolute atomic E-state index is 0.176. The Kier molecular flexibility index (Phi) is 5.04. The molecule has 138 valence electrons. The van der Waals surface area contributed by atoms with E-state index in [1.54, 1.807) is 25.1 Å². The molecule has 3 rings (SSSR count). The maximum absolute atomic E-state index is 12.8. The normalized spacial score (nSPS) is 26.5. The zero-order chi connectivity index (χ0) is 18.4. The number of fused-ring (bicyclic) bond motifs is 2. The molecule has 1 aromatic carbocycles. The minimum atomic E-state index is -3.63. The lowest BCUT2D eigenvalue weighted by molar-refractivity contribution is -0.122. The zero-order valence-electron chi connectivity index (χ0n) is 14.8. The highest BCUT2D eigenvalue weighted by Gasteiger charge is 2.41. The summed E-state index contributed by atoms with van der Waals surface area (Å²) in [6.07, 6.45) is 5.73. The number of benzene rings is 1. The van der Waals surface area contributed by atoms with Gasteiger partial charge in [0, 0.05) is 11.1 Å². The van der Waals surface area contributed by atoms with E-state index in [1.807, 2.05) is 6.92 Å². The van der Waals surface area contributed by atoms with Crippen LogP contribution in [0.5, 0.6) is 0 Å². The highest BCUT2D eigenvalue weighted by atomic mass is 35.5. The van der Waals surface area contributed by atoms with E-state index >= 15 is 0 Å². The standard InChI is InChI=1S/C18H25ClN2O3S/c1-11-4-7-15(19)10-17(11)21(25(3,23)24)12(2)18(22)20-16-9-13-5-6-14(16)8-13/h4,7,10,12-14,16H,5-6,8-9H2,1-3H3,(H,20,22)/t12-,13+,14+,16-/m1/s1. The molecule has 0 saturated heterocycles. The largest absolute Gasteiger partial charge is 0.351 e. The predicted octanol–water partition coefficient (Wildman–Crippen LogP) is 3.11. The van der Waals surface area contributed by atoms with Gasteiger partial charge in [-0.1, -0.05) is 24.1 Å². The minimum Gasteiger partial charge on any atom is -0.351 e. The third kappa shape index (κ3) is 3.80. The van der Waals surface area contributed by atoms with Gasteiger partial charge in [-0.2, -0.15) is 0 Å². The highest BCUT2D eigenvalue weighted by Crippen LogP contribution is 2.44. The number of nitrogens with one attached hydrogen (secondary N) is 1. The van der Waals surface area contributed by atoms with Gasteiger partial charge in [0.2, 0.25) is 15.9 Å². The van der Waals surface area contributed by atoms with Crippen molar-refractivity contribution in [3.8, 4) is 0 Å². The van der Waals surface area contributed by atoms with Crippen molar-refractivity contribution < 1.29 is 13.2 Å². The number of sulfonamides is 1. The molecule has 2 fully saturated rings. The van der Waals surface area contributed by atoms with Crippen LogP contribution in [0.15, 0.2) is 18.2 Å². The Bertz CT molecular complexity index is 781. The van der Waals surface area contributed by atoms with Gasteiger partial charge in [0.1, 0.15) is 6.04 Å². The summed E-state index contributed by atoms with van der Waals surface area (Å²) in [6.45, 7) is 3.44. The molecule has 1 amide bonds. The van der Waals surface area contributed by atoms with Crippen LogP contribution in [0.3, 0.4) is 0 Å². The van der Waals surface area contributed by atoms with Crippen LogP contribution in [0, 0.1) is 18.8 Å². The molecule has 0 unspecified atom stereocenters. The summed E-state index contributed by atoms with van der Waals surface area (Å²) in [5.74, 6) is 1.01. The summed E-state index contributed by atoms with van der Waals surface area (Å²) in [4.78, 5) is 12.8. The van der Waals surface area contributed by atoms with Crippen molar-refractivity contribution >= 4 is 33.2 Å². The van der Waals surface area contributed by atoms with Gasteiger partial charge in [0.15, 0.2) is 0 Å². The molecule has 25 heavy (non-hydrogen) atoms. The second-order valence-electron chi connectivity index (χ2n) is 7.46. The maximum atomic E-state index is 12.8. The fraction of sp³-hybridized carbons (Fsp3) is 0.611. The van der Waals surface area contributed by atoms with Crippen molar-refractivity contribution in [2.45, 2.75) is 51.6 Å². The Labute approximate surface area is 154 Å². The third-order valence-corrected chi connectivity index (χ3v) is 7.03. The molecule has 0 aliphatic heterocycles. The lowest BCUT2D eigenvalue weighted by atomic mass is 9.95.